The van der Waals surface area contributed by atoms with Crippen LogP contribution in [-0.2, 0) is 43.4 Å². The predicted molar refractivity (Wildman–Crippen MR) is 227 cm³/mol. The molecular formula is C45H58N9O5S+. The van der Waals surface area contributed by atoms with Gasteiger partial charge in [-0.2, -0.15) is 5.26 Å². The van der Waals surface area contributed by atoms with Gasteiger partial charge in [-0.05, 0) is 108 Å². The number of aromatic nitrogens is 4. The molecule has 14 nitrogen and oxygen atoms in total. The normalized spacial score (nSPS) is 24.6. The maximum atomic E-state index is 14.2. The van der Waals surface area contributed by atoms with Gasteiger partial charge in [-0.15, -0.1) is 11.3 Å². The van der Waals surface area contributed by atoms with Crippen LogP contribution in [0.3, 0.4) is 0 Å². The van der Waals surface area contributed by atoms with Crippen molar-refractivity contribution >= 4 is 40.2 Å². The Labute approximate surface area is 356 Å². The van der Waals surface area contributed by atoms with E-state index in [1.807, 2.05) is 18.5 Å². The van der Waals surface area contributed by atoms with Gasteiger partial charge in [0.05, 0.1) is 59.1 Å². The van der Waals surface area contributed by atoms with Gasteiger partial charge >= 0.3 is 5.97 Å². The fraction of sp³-hybridized carbons (Fsp3) is 0.578. The highest BCUT2D eigenvalue weighted by atomic mass is 32.1. The second-order valence-corrected chi connectivity index (χ2v) is 18.9. The summed E-state index contributed by atoms with van der Waals surface area (Å²) in [4.78, 5) is 54.1. The molecule has 15 heteroatoms. The molecule has 5 atom stereocenters. The number of nitrogens with one attached hydrogen (secondary N) is 2. The number of rotatable bonds is 7. The van der Waals surface area contributed by atoms with Crippen molar-refractivity contribution in [3.63, 3.8) is 0 Å². The van der Waals surface area contributed by atoms with E-state index in [1.165, 1.54) is 21.9 Å². The number of fused-ring (bicyclic) bond motifs is 6. The molecular weight excluding hydrogens is 779 g/mol. The lowest BCUT2D eigenvalue weighted by atomic mass is 9.74. The zero-order valence-electron chi connectivity index (χ0n) is 35.7. The lowest BCUT2D eigenvalue weighted by molar-refractivity contribution is -0.657. The van der Waals surface area contributed by atoms with Crippen molar-refractivity contribution in [2.75, 3.05) is 40.4 Å². The average Bonchev–Trinajstić information content (AvgIpc) is 3.83. The number of likely N-dealkylation sites (tertiary alicyclic amines) is 1. The zero-order valence-corrected chi connectivity index (χ0v) is 36.5. The van der Waals surface area contributed by atoms with Gasteiger partial charge in [0.15, 0.2) is 11.0 Å². The molecule has 1 saturated carbocycles. The van der Waals surface area contributed by atoms with Crippen LogP contribution in [0.1, 0.15) is 94.5 Å². The second kappa shape index (κ2) is 17.3. The molecule has 0 radical (unpaired) electrons. The molecule has 4 aliphatic rings. The fourth-order valence-corrected chi connectivity index (χ4v) is 10.1. The Bertz CT molecular complexity index is 2310. The van der Waals surface area contributed by atoms with Gasteiger partial charge in [-0.1, -0.05) is 13.8 Å². The second-order valence-electron chi connectivity index (χ2n) is 17.9. The average molecular weight is 837 g/mol. The lowest BCUT2D eigenvalue weighted by Crippen LogP contribution is -2.61. The van der Waals surface area contributed by atoms with Crippen LogP contribution >= 0.6 is 11.3 Å². The Balaban J connectivity index is 1.25. The molecule has 3 fully saturated rings. The molecule has 8 rings (SSSR count). The van der Waals surface area contributed by atoms with E-state index in [9.17, 15) is 19.6 Å². The quantitative estimate of drug-likeness (QED) is 0.185. The summed E-state index contributed by atoms with van der Waals surface area (Å²) < 4.78 is 16.8. The number of benzene rings is 1. The maximum absolute atomic E-state index is 14.2. The number of methoxy groups -OCH3 is 1. The van der Waals surface area contributed by atoms with Crippen molar-refractivity contribution in [3.8, 4) is 28.7 Å². The summed E-state index contributed by atoms with van der Waals surface area (Å²) in [7, 11) is 3.90. The summed E-state index contributed by atoms with van der Waals surface area (Å²) >= 11 is 1.45. The zero-order chi connectivity index (χ0) is 42.3. The van der Waals surface area contributed by atoms with E-state index in [2.05, 4.69) is 82.9 Å². The summed E-state index contributed by atoms with van der Waals surface area (Å²) in [6, 6.07) is 9.34. The van der Waals surface area contributed by atoms with Gasteiger partial charge in [0.25, 0.3) is 11.7 Å². The molecule has 6 bridgehead atoms. The standard InChI is InChI=1S/C45H57N9O5S/c1-7-52-37-13-11-29-20-38(37)53(42(52)33-19-31(23-47-40(33)27(2)58-6)28-14-17-51(5)18-15-28)25-45(3,4)26-59-44(57)34-9-8-16-54(50-34)43(56)35(21-39-48-36(29)24-60-39)49-41(55)32-12-10-30(32)22-46/h11,13,19-20,23-24,27-28,30,32,34-35,50H,7-10,12,14-18,21,25-26H2,1-6H3/p+1/t27-,30+,32-,34-,35-/m0/s1. The molecule has 2 saturated heterocycles. The van der Waals surface area contributed by atoms with Crippen LogP contribution in [0.2, 0.25) is 0 Å². The van der Waals surface area contributed by atoms with Gasteiger partial charge < -0.3 is 19.7 Å². The number of nitrogens with zero attached hydrogens (tertiary/aromatic N) is 7. The van der Waals surface area contributed by atoms with Crippen LogP contribution in [0.25, 0.3) is 33.7 Å². The van der Waals surface area contributed by atoms with E-state index in [4.69, 9.17) is 19.4 Å². The van der Waals surface area contributed by atoms with Crippen LogP contribution in [0.4, 0.5) is 0 Å². The van der Waals surface area contributed by atoms with E-state index < -0.39 is 29.4 Å². The molecule has 1 aromatic carbocycles. The van der Waals surface area contributed by atoms with Crippen molar-refractivity contribution in [1.82, 2.24) is 35.2 Å². The molecule has 1 aliphatic carbocycles. The van der Waals surface area contributed by atoms with E-state index in [1.54, 1.807) is 7.11 Å². The van der Waals surface area contributed by atoms with Gasteiger partial charge in [-0.25, -0.2) is 19.5 Å². The number of pyridine rings is 1. The number of carbonyl (C=O) groups is 3. The Morgan fingerprint density at radius 2 is 1.97 bits per heavy atom. The van der Waals surface area contributed by atoms with E-state index in [0.29, 0.717) is 56.2 Å². The van der Waals surface area contributed by atoms with Crippen molar-refractivity contribution in [3.05, 3.63) is 52.1 Å². The first-order valence-electron chi connectivity index (χ1n) is 21.5. The Hall–Kier alpha value is -4.75. The lowest BCUT2D eigenvalue weighted by Gasteiger charge is -2.36. The molecule has 3 aliphatic heterocycles. The van der Waals surface area contributed by atoms with Crippen LogP contribution in [0.15, 0.2) is 35.8 Å². The SMILES string of the molecule is CC[n+]1c(-c2cc(C3CCN(C)CC3)cnc2[C@H](C)OC)n2c3cc(ccc31)-c1csc(n1)C[C@H](NC(=O)[C@H]1CC[C@@H]1C#N)C(=O)N1CCC[C@H](N1)C(=O)OCC(C)(C)C2. The number of amides is 2. The van der Waals surface area contributed by atoms with E-state index in [0.717, 1.165) is 65.3 Å². The number of aryl methyl sites for hydroxylation is 1. The number of cyclic esters (lactones) is 1. The topological polar surface area (TPSA) is 159 Å². The number of esters is 1. The largest absolute Gasteiger partial charge is 0.464 e. The number of ether oxygens (including phenoxy) is 2. The first-order valence-corrected chi connectivity index (χ1v) is 22.4. The number of nitriles is 1. The number of piperidine rings is 1. The third-order valence-corrected chi connectivity index (χ3v) is 13.9. The highest BCUT2D eigenvalue weighted by Gasteiger charge is 2.41. The molecule has 0 spiro atoms. The minimum Gasteiger partial charge on any atom is -0.464 e. The third kappa shape index (κ3) is 8.31. The highest BCUT2D eigenvalue weighted by molar-refractivity contribution is 7.10. The first-order chi connectivity index (χ1) is 28.9. The molecule has 2 N–H and O–H groups in total. The minimum absolute atomic E-state index is 0.147. The maximum Gasteiger partial charge on any atom is 0.324 e. The number of carbonyl (C=O) groups excluding carboxylic acids is 3. The molecule has 3 aromatic heterocycles. The number of imidazole rings is 1. The van der Waals surface area contributed by atoms with Crippen LogP contribution in [-0.4, -0.2) is 94.7 Å². The van der Waals surface area contributed by atoms with Crippen LogP contribution in [0.5, 0.6) is 0 Å². The summed E-state index contributed by atoms with van der Waals surface area (Å²) in [5.74, 6) is -0.472. The Morgan fingerprint density at radius 3 is 2.68 bits per heavy atom. The van der Waals surface area contributed by atoms with E-state index in [-0.39, 0.29) is 36.9 Å². The van der Waals surface area contributed by atoms with Crippen molar-refractivity contribution in [2.24, 2.45) is 17.3 Å². The number of hydrazine groups is 1. The predicted octanol–water partition coefficient (Wildman–Crippen LogP) is 5.31. The van der Waals surface area contributed by atoms with Gasteiger partial charge in [0.2, 0.25) is 5.91 Å². The highest BCUT2D eigenvalue weighted by Crippen LogP contribution is 2.38. The summed E-state index contributed by atoms with van der Waals surface area (Å²) in [5.41, 5.74) is 9.52. The molecule has 4 aromatic rings. The smallest absolute Gasteiger partial charge is 0.324 e. The van der Waals surface area contributed by atoms with Crippen LogP contribution in [0, 0.1) is 28.6 Å². The Kier molecular flexibility index (Phi) is 12.1. The number of thiazole rings is 1. The third-order valence-electron chi connectivity index (χ3n) is 13.0. The van der Waals surface area contributed by atoms with Gasteiger partial charge in [-0.3, -0.25) is 24.4 Å². The summed E-state index contributed by atoms with van der Waals surface area (Å²) in [6.07, 6.45) is 6.47. The molecule has 60 heavy (non-hydrogen) atoms. The number of hydrogen-bond donors (Lipinski definition) is 2. The van der Waals surface area contributed by atoms with Crippen molar-refractivity contribution in [2.45, 2.75) is 110 Å². The molecule has 6 heterocycles. The molecule has 2 amide bonds. The van der Waals surface area contributed by atoms with Crippen molar-refractivity contribution in [1.29, 1.82) is 5.26 Å². The minimum atomic E-state index is -0.940. The summed E-state index contributed by atoms with van der Waals surface area (Å²) in [5, 5.41) is 16.7. The summed E-state index contributed by atoms with van der Waals surface area (Å²) in [6.45, 7) is 12.3. The van der Waals surface area contributed by atoms with Gasteiger partial charge in [0.1, 0.15) is 18.7 Å². The monoisotopic (exact) mass is 836 g/mol. The van der Waals surface area contributed by atoms with Crippen LogP contribution < -0.4 is 15.3 Å². The van der Waals surface area contributed by atoms with Crippen molar-refractivity contribution < 1.29 is 28.4 Å². The molecule has 318 valence electrons. The fourth-order valence-electron chi connectivity index (χ4n) is 9.25. The molecule has 0 unspecified atom stereocenters. The van der Waals surface area contributed by atoms with E-state index >= 15 is 0 Å². The van der Waals surface area contributed by atoms with Gasteiger partial charge in [0, 0.05) is 42.6 Å². The Morgan fingerprint density at radius 1 is 1.17 bits per heavy atom. The first kappa shape index (κ1) is 42.0. The number of hydrogen-bond acceptors (Lipinski definition) is 11.